The molecule has 0 amide bonds. The number of hydrogen-bond donors (Lipinski definition) is 2. The Balaban J connectivity index is 1.31. The van der Waals surface area contributed by atoms with E-state index in [0.29, 0.717) is 40.4 Å². The topological polar surface area (TPSA) is 106 Å². The van der Waals surface area contributed by atoms with E-state index < -0.39 is 11.4 Å². The predicted octanol–water partition coefficient (Wildman–Crippen LogP) is 4.19. The molecule has 0 unspecified atom stereocenters. The number of hydroxylamine groups is 2. The molecule has 1 fully saturated rings. The summed E-state index contributed by atoms with van der Waals surface area (Å²) in [6.07, 6.45) is 0.885. The van der Waals surface area contributed by atoms with Crippen molar-refractivity contribution < 1.29 is 28.3 Å². The Labute approximate surface area is 201 Å². The van der Waals surface area contributed by atoms with Crippen molar-refractivity contribution in [1.29, 1.82) is 0 Å². The molecule has 184 valence electrons. The van der Waals surface area contributed by atoms with Crippen molar-refractivity contribution in [2.75, 3.05) is 26.9 Å². The molecule has 1 saturated heterocycles. The SMILES string of the molecule is COCCOc1cc2[nH]nc(-c3cc(-c4ccc(ON5CC[C@H]5C(C)(C)O)cc4)on3)c2cc1F. The summed E-state index contributed by atoms with van der Waals surface area (Å²) >= 11 is 0. The molecule has 0 spiro atoms. The van der Waals surface area contributed by atoms with Crippen molar-refractivity contribution in [1.82, 2.24) is 20.4 Å². The maximum absolute atomic E-state index is 14.6. The van der Waals surface area contributed by atoms with Crippen molar-refractivity contribution >= 4 is 10.9 Å². The summed E-state index contributed by atoms with van der Waals surface area (Å²) in [7, 11) is 1.56. The summed E-state index contributed by atoms with van der Waals surface area (Å²) in [5, 5.41) is 23.9. The first-order valence-electron chi connectivity index (χ1n) is 11.4. The standard InChI is InChI=1S/C25H27FN4O5/c1-25(2,31)23-8-9-30(23)35-16-6-4-15(5-7-16)21-14-20(29-34-21)24-17-12-18(26)22(33-11-10-32-3)13-19(17)27-28-24/h4-7,12-14,23,31H,8-11H2,1-3H3,(H,27,28)/t23-/m0/s1. The van der Waals surface area contributed by atoms with Crippen LogP contribution in [0.25, 0.3) is 33.6 Å². The highest BCUT2D eigenvalue weighted by atomic mass is 19.1. The number of ether oxygens (including phenoxy) is 2. The van der Waals surface area contributed by atoms with Gasteiger partial charge in [0, 0.05) is 36.7 Å². The molecule has 10 heteroatoms. The number of H-pyrrole nitrogens is 1. The van der Waals surface area contributed by atoms with Crippen LogP contribution in [0.3, 0.4) is 0 Å². The summed E-state index contributed by atoms with van der Waals surface area (Å²) in [5.74, 6) is 0.838. The number of nitrogens with zero attached hydrogens (tertiary/aromatic N) is 3. The summed E-state index contributed by atoms with van der Waals surface area (Å²) < 4.78 is 30.5. The minimum Gasteiger partial charge on any atom is -0.488 e. The van der Waals surface area contributed by atoms with Crippen LogP contribution in [0.15, 0.2) is 47.0 Å². The summed E-state index contributed by atoms with van der Waals surface area (Å²) in [6, 6.07) is 12.1. The Kier molecular flexibility index (Phi) is 6.18. The fraction of sp³-hybridized carbons (Fsp3) is 0.360. The molecule has 2 N–H and O–H groups in total. The Morgan fingerprint density at radius 3 is 2.69 bits per heavy atom. The third-order valence-electron chi connectivity index (χ3n) is 6.06. The highest BCUT2D eigenvalue weighted by Gasteiger charge is 2.40. The molecule has 3 heterocycles. The predicted molar refractivity (Wildman–Crippen MR) is 126 cm³/mol. The van der Waals surface area contributed by atoms with Gasteiger partial charge in [0.1, 0.15) is 23.7 Å². The highest BCUT2D eigenvalue weighted by molar-refractivity contribution is 5.93. The smallest absolute Gasteiger partial charge is 0.167 e. The molecule has 0 saturated carbocycles. The number of hydrogen-bond acceptors (Lipinski definition) is 8. The first-order valence-corrected chi connectivity index (χ1v) is 11.4. The average Bonchev–Trinajstić information content (AvgIpc) is 3.43. The van der Waals surface area contributed by atoms with Gasteiger partial charge in [-0.1, -0.05) is 5.16 Å². The number of methoxy groups -OCH3 is 1. The minimum atomic E-state index is -0.827. The van der Waals surface area contributed by atoms with E-state index in [2.05, 4.69) is 15.4 Å². The number of nitrogens with one attached hydrogen (secondary N) is 1. The molecule has 5 rings (SSSR count). The molecule has 2 aromatic heterocycles. The zero-order chi connectivity index (χ0) is 24.6. The number of benzene rings is 2. The van der Waals surface area contributed by atoms with Crippen molar-refractivity contribution in [2.45, 2.75) is 31.9 Å². The molecule has 0 radical (unpaired) electrons. The van der Waals surface area contributed by atoms with Gasteiger partial charge in [0.2, 0.25) is 0 Å². The van der Waals surface area contributed by atoms with Gasteiger partial charge in [-0.2, -0.15) is 5.10 Å². The molecular weight excluding hydrogens is 455 g/mol. The zero-order valence-electron chi connectivity index (χ0n) is 19.7. The van der Waals surface area contributed by atoms with Gasteiger partial charge in [0.15, 0.2) is 17.3 Å². The van der Waals surface area contributed by atoms with Gasteiger partial charge < -0.3 is 23.9 Å². The normalized spacial score (nSPS) is 16.4. The maximum Gasteiger partial charge on any atom is 0.167 e. The highest BCUT2D eigenvalue weighted by Crippen LogP contribution is 2.34. The van der Waals surface area contributed by atoms with Gasteiger partial charge in [-0.25, -0.2) is 4.39 Å². The first-order chi connectivity index (χ1) is 16.8. The molecule has 2 aromatic carbocycles. The van der Waals surface area contributed by atoms with Crippen molar-refractivity contribution in [3.63, 3.8) is 0 Å². The maximum atomic E-state index is 14.6. The molecule has 0 aliphatic carbocycles. The van der Waals surface area contributed by atoms with Crippen LogP contribution in [-0.2, 0) is 4.74 Å². The van der Waals surface area contributed by atoms with Crippen molar-refractivity contribution in [3.05, 3.63) is 48.3 Å². The van der Waals surface area contributed by atoms with Gasteiger partial charge in [-0.15, -0.1) is 5.06 Å². The number of aliphatic hydroxyl groups is 1. The van der Waals surface area contributed by atoms with E-state index in [0.717, 1.165) is 18.5 Å². The number of rotatable bonds is 9. The van der Waals surface area contributed by atoms with Gasteiger partial charge in [0.05, 0.1) is 23.8 Å². The molecule has 1 aliphatic rings. The Morgan fingerprint density at radius 2 is 2.00 bits per heavy atom. The minimum absolute atomic E-state index is 0.0412. The van der Waals surface area contributed by atoms with E-state index >= 15 is 0 Å². The van der Waals surface area contributed by atoms with Gasteiger partial charge >= 0.3 is 0 Å². The summed E-state index contributed by atoms with van der Waals surface area (Å²) in [6.45, 7) is 4.93. The van der Waals surface area contributed by atoms with Gasteiger partial charge in [-0.3, -0.25) is 5.10 Å². The Bertz CT molecular complexity index is 1310. The number of aromatic nitrogens is 3. The molecular formula is C25H27FN4O5. The van der Waals surface area contributed by atoms with Gasteiger partial charge in [-0.05, 0) is 50.6 Å². The molecule has 1 aliphatic heterocycles. The molecule has 35 heavy (non-hydrogen) atoms. The molecule has 4 aromatic rings. The largest absolute Gasteiger partial charge is 0.488 e. The van der Waals surface area contributed by atoms with Crippen molar-refractivity contribution in [3.8, 4) is 34.2 Å². The molecule has 0 bridgehead atoms. The van der Waals surface area contributed by atoms with E-state index in [1.807, 2.05) is 24.3 Å². The van der Waals surface area contributed by atoms with Crippen LogP contribution in [0.2, 0.25) is 0 Å². The third kappa shape index (κ3) is 4.72. The lowest BCUT2D eigenvalue weighted by atomic mass is 9.90. The lowest BCUT2D eigenvalue weighted by Crippen LogP contribution is -2.59. The first kappa shape index (κ1) is 23.3. The number of aromatic amines is 1. The number of halogens is 1. The van der Waals surface area contributed by atoms with Crippen molar-refractivity contribution in [2.24, 2.45) is 0 Å². The summed E-state index contributed by atoms with van der Waals surface area (Å²) in [5.41, 5.74) is 1.56. The second kappa shape index (κ2) is 9.29. The second-order valence-electron chi connectivity index (χ2n) is 9.03. The van der Waals surface area contributed by atoms with Crippen LogP contribution in [-0.4, -0.2) is 64.0 Å². The van der Waals surface area contributed by atoms with E-state index in [4.69, 9.17) is 18.8 Å². The zero-order valence-corrected chi connectivity index (χ0v) is 19.7. The quantitative estimate of drug-likeness (QED) is 0.342. The van der Waals surface area contributed by atoms with Crippen LogP contribution >= 0.6 is 0 Å². The average molecular weight is 483 g/mol. The monoisotopic (exact) mass is 482 g/mol. The number of fused-ring (bicyclic) bond motifs is 1. The van der Waals surface area contributed by atoms with Crippen LogP contribution in [0.5, 0.6) is 11.5 Å². The molecule has 1 atom stereocenters. The van der Waals surface area contributed by atoms with E-state index in [-0.39, 0.29) is 18.4 Å². The second-order valence-corrected chi connectivity index (χ2v) is 9.03. The Morgan fingerprint density at radius 1 is 1.20 bits per heavy atom. The molecule has 9 nitrogen and oxygen atoms in total. The fourth-order valence-electron chi connectivity index (χ4n) is 4.08. The summed E-state index contributed by atoms with van der Waals surface area (Å²) in [4.78, 5) is 5.90. The van der Waals surface area contributed by atoms with Gasteiger partial charge in [0.25, 0.3) is 0 Å². The van der Waals surface area contributed by atoms with Crippen LogP contribution in [0, 0.1) is 5.82 Å². The third-order valence-corrected chi connectivity index (χ3v) is 6.06. The lowest BCUT2D eigenvalue weighted by Gasteiger charge is -2.45. The van der Waals surface area contributed by atoms with Crippen LogP contribution < -0.4 is 9.57 Å². The lowest BCUT2D eigenvalue weighted by molar-refractivity contribution is -0.206. The van der Waals surface area contributed by atoms with E-state index in [1.54, 1.807) is 38.2 Å². The van der Waals surface area contributed by atoms with Crippen LogP contribution in [0.4, 0.5) is 4.39 Å². The van der Waals surface area contributed by atoms with E-state index in [1.165, 1.54) is 6.07 Å². The Hall–Kier alpha value is -3.47. The van der Waals surface area contributed by atoms with E-state index in [9.17, 15) is 9.50 Å². The van der Waals surface area contributed by atoms with Crippen LogP contribution in [0.1, 0.15) is 20.3 Å². The fourth-order valence-corrected chi connectivity index (χ4v) is 4.08.